The molecule has 1 aromatic carbocycles. The van der Waals surface area contributed by atoms with Crippen molar-refractivity contribution in [1.82, 2.24) is 19.7 Å². The van der Waals surface area contributed by atoms with Crippen LogP contribution in [0.3, 0.4) is 0 Å². The number of carbonyl (C=O) groups is 1. The van der Waals surface area contributed by atoms with Gasteiger partial charge in [-0.3, -0.25) is 4.79 Å². The fourth-order valence-electron chi connectivity index (χ4n) is 2.95. The zero-order chi connectivity index (χ0) is 17.5. The van der Waals surface area contributed by atoms with Crippen molar-refractivity contribution in [2.45, 2.75) is 36.2 Å². The first kappa shape index (κ1) is 17.9. The second-order valence-corrected chi connectivity index (χ2v) is 7.17. The summed E-state index contributed by atoms with van der Waals surface area (Å²) in [7, 11) is 1.67. The third kappa shape index (κ3) is 4.61. The largest absolute Gasteiger partial charge is 0.383 e. The molecule has 1 fully saturated rings. The number of rotatable bonds is 7. The Hall–Kier alpha value is -1.86. The number of piperidine rings is 1. The van der Waals surface area contributed by atoms with Crippen LogP contribution in [0, 0.1) is 0 Å². The maximum atomic E-state index is 13.2. The van der Waals surface area contributed by atoms with Crippen molar-refractivity contribution in [2.75, 3.05) is 26.8 Å². The molecule has 25 heavy (non-hydrogen) atoms. The molecule has 0 bridgehead atoms. The molecule has 0 aliphatic carbocycles. The van der Waals surface area contributed by atoms with Crippen molar-refractivity contribution < 1.29 is 9.53 Å². The molecule has 2 heterocycles. The normalized spacial score (nSPS) is 16.0. The topological polar surface area (TPSA) is 60.2 Å². The summed E-state index contributed by atoms with van der Waals surface area (Å²) in [6, 6.07) is 9.94. The number of carbonyl (C=O) groups excluding carboxylic acids is 1. The fourth-order valence-corrected chi connectivity index (χ4v) is 4.08. The first-order valence-electron chi connectivity index (χ1n) is 8.66. The summed E-state index contributed by atoms with van der Waals surface area (Å²) in [6.45, 7) is 2.95. The van der Waals surface area contributed by atoms with Crippen LogP contribution < -0.4 is 0 Å². The van der Waals surface area contributed by atoms with Gasteiger partial charge in [0.25, 0.3) is 0 Å². The quantitative estimate of drug-likeness (QED) is 0.711. The molecule has 6 nitrogen and oxygen atoms in total. The average Bonchev–Trinajstić information content (AvgIpc) is 3.12. The monoisotopic (exact) mass is 360 g/mol. The molecule has 3 rings (SSSR count). The second kappa shape index (κ2) is 9.01. The molecule has 0 saturated carbocycles. The molecule has 2 aromatic rings. The predicted molar refractivity (Wildman–Crippen MR) is 97.4 cm³/mol. The molecule has 0 N–H and O–H groups in total. The molecule has 0 unspecified atom stereocenters. The average molecular weight is 360 g/mol. The van der Waals surface area contributed by atoms with Crippen molar-refractivity contribution in [1.29, 1.82) is 0 Å². The number of benzene rings is 1. The molecule has 1 aliphatic rings. The standard InChI is InChI=1S/C18H24N4O2S/c1-24-13-12-22-14-19-20-18(22)25-16(15-8-4-2-5-9-15)17(23)21-10-6-3-7-11-21/h2,4-5,8-9,14,16H,3,6-7,10-13H2,1H3/t16-/m0/s1. The number of nitrogens with zero attached hydrogens (tertiary/aromatic N) is 4. The molecular weight excluding hydrogens is 336 g/mol. The number of ether oxygens (including phenoxy) is 1. The molecule has 1 saturated heterocycles. The molecule has 1 aliphatic heterocycles. The summed E-state index contributed by atoms with van der Waals surface area (Å²) in [6.07, 6.45) is 5.07. The van der Waals surface area contributed by atoms with Gasteiger partial charge in [-0.05, 0) is 24.8 Å². The Kier molecular flexibility index (Phi) is 6.47. The Morgan fingerprint density at radius 2 is 2.00 bits per heavy atom. The number of likely N-dealkylation sites (tertiary alicyclic amines) is 1. The number of hydrogen-bond donors (Lipinski definition) is 0. The molecule has 1 amide bonds. The van der Waals surface area contributed by atoms with Crippen molar-refractivity contribution >= 4 is 17.7 Å². The van der Waals surface area contributed by atoms with Gasteiger partial charge in [-0.1, -0.05) is 42.1 Å². The van der Waals surface area contributed by atoms with Gasteiger partial charge in [-0.25, -0.2) is 0 Å². The highest BCUT2D eigenvalue weighted by Crippen LogP contribution is 2.36. The van der Waals surface area contributed by atoms with Gasteiger partial charge in [0.15, 0.2) is 5.16 Å². The highest BCUT2D eigenvalue weighted by Gasteiger charge is 2.29. The molecule has 0 spiro atoms. The number of amides is 1. The Balaban J connectivity index is 1.82. The first-order valence-corrected chi connectivity index (χ1v) is 9.54. The summed E-state index contributed by atoms with van der Waals surface area (Å²) >= 11 is 1.47. The molecule has 7 heteroatoms. The molecule has 1 atom stereocenters. The van der Waals surface area contributed by atoms with Gasteiger partial charge in [0, 0.05) is 26.7 Å². The van der Waals surface area contributed by atoms with Gasteiger partial charge in [0.05, 0.1) is 6.61 Å². The van der Waals surface area contributed by atoms with E-state index in [4.69, 9.17) is 4.74 Å². The highest BCUT2D eigenvalue weighted by atomic mass is 32.2. The molecular formula is C18H24N4O2S. The third-order valence-corrected chi connectivity index (χ3v) is 5.57. The van der Waals surface area contributed by atoms with E-state index in [9.17, 15) is 4.79 Å². The van der Waals surface area contributed by atoms with E-state index in [1.807, 2.05) is 39.8 Å². The van der Waals surface area contributed by atoms with E-state index in [-0.39, 0.29) is 11.2 Å². The van der Waals surface area contributed by atoms with Crippen LogP contribution >= 0.6 is 11.8 Å². The molecule has 1 aromatic heterocycles. The first-order chi connectivity index (χ1) is 12.3. The molecule has 134 valence electrons. The number of hydrogen-bond acceptors (Lipinski definition) is 5. The zero-order valence-corrected chi connectivity index (χ0v) is 15.3. The lowest BCUT2D eigenvalue weighted by molar-refractivity contribution is -0.131. The van der Waals surface area contributed by atoms with Gasteiger partial charge >= 0.3 is 0 Å². The highest BCUT2D eigenvalue weighted by molar-refractivity contribution is 8.00. The smallest absolute Gasteiger partial charge is 0.240 e. The van der Waals surface area contributed by atoms with E-state index in [0.717, 1.165) is 36.7 Å². The van der Waals surface area contributed by atoms with Gasteiger partial charge in [0.2, 0.25) is 5.91 Å². The Bertz CT molecular complexity index is 671. The van der Waals surface area contributed by atoms with E-state index in [1.54, 1.807) is 13.4 Å². The van der Waals surface area contributed by atoms with Crippen LogP contribution in [0.2, 0.25) is 0 Å². The third-order valence-electron chi connectivity index (χ3n) is 4.33. The van der Waals surface area contributed by atoms with Crippen LogP contribution in [0.1, 0.15) is 30.1 Å². The van der Waals surface area contributed by atoms with Gasteiger partial charge in [-0.2, -0.15) is 0 Å². The minimum Gasteiger partial charge on any atom is -0.383 e. The maximum absolute atomic E-state index is 13.2. The predicted octanol–water partition coefficient (Wildman–Crippen LogP) is 2.77. The van der Waals surface area contributed by atoms with Crippen LogP contribution in [0.4, 0.5) is 0 Å². The van der Waals surface area contributed by atoms with E-state index in [2.05, 4.69) is 10.2 Å². The van der Waals surface area contributed by atoms with Crippen molar-refractivity contribution in [2.24, 2.45) is 0 Å². The summed E-state index contributed by atoms with van der Waals surface area (Å²) < 4.78 is 7.08. The second-order valence-electron chi connectivity index (χ2n) is 6.09. The summed E-state index contributed by atoms with van der Waals surface area (Å²) in [5.74, 6) is 0.164. The summed E-state index contributed by atoms with van der Waals surface area (Å²) in [5, 5.41) is 8.66. The molecule has 0 radical (unpaired) electrons. The van der Waals surface area contributed by atoms with Crippen LogP contribution in [0.15, 0.2) is 41.8 Å². The minimum absolute atomic E-state index is 0.164. The van der Waals surface area contributed by atoms with E-state index in [1.165, 1.54) is 18.2 Å². The summed E-state index contributed by atoms with van der Waals surface area (Å²) in [4.78, 5) is 15.2. The van der Waals surface area contributed by atoms with Crippen molar-refractivity contribution in [3.8, 4) is 0 Å². The lowest BCUT2D eigenvalue weighted by Crippen LogP contribution is -2.38. The van der Waals surface area contributed by atoms with Crippen LogP contribution in [-0.4, -0.2) is 52.4 Å². The van der Waals surface area contributed by atoms with Gasteiger partial charge < -0.3 is 14.2 Å². The Labute approximate surface area is 152 Å². The van der Waals surface area contributed by atoms with Crippen molar-refractivity contribution in [3.05, 3.63) is 42.2 Å². The number of aromatic nitrogens is 3. The van der Waals surface area contributed by atoms with Gasteiger partial charge in [0.1, 0.15) is 11.6 Å². The minimum atomic E-state index is -0.301. The maximum Gasteiger partial charge on any atom is 0.240 e. The zero-order valence-electron chi connectivity index (χ0n) is 14.5. The van der Waals surface area contributed by atoms with Crippen LogP contribution in [0.25, 0.3) is 0 Å². The lowest BCUT2D eigenvalue weighted by atomic mass is 10.1. The van der Waals surface area contributed by atoms with E-state index in [0.29, 0.717) is 13.2 Å². The van der Waals surface area contributed by atoms with Crippen LogP contribution in [0.5, 0.6) is 0 Å². The van der Waals surface area contributed by atoms with E-state index < -0.39 is 0 Å². The van der Waals surface area contributed by atoms with E-state index >= 15 is 0 Å². The Morgan fingerprint density at radius 1 is 1.24 bits per heavy atom. The number of methoxy groups -OCH3 is 1. The lowest BCUT2D eigenvalue weighted by Gasteiger charge is -2.30. The SMILES string of the molecule is COCCn1cnnc1S[C@H](C(=O)N1CCCCC1)c1ccccc1. The Morgan fingerprint density at radius 3 is 2.72 bits per heavy atom. The number of thioether (sulfide) groups is 1. The van der Waals surface area contributed by atoms with Crippen LogP contribution in [-0.2, 0) is 16.1 Å². The summed E-state index contributed by atoms with van der Waals surface area (Å²) in [5.41, 5.74) is 1.00. The van der Waals surface area contributed by atoms with Gasteiger partial charge in [-0.15, -0.1) is 10.2 Å². The fraction of sp³-hybridized carbons (Fsp3) is 0.500. The van der Waals surface area contributed by atoms with Crippen molar-refractivity contribution in [3.63, 3.8) is 0 Å².